The molecule has 2 aromatic rings. The van der Waals surface area contributed by atoms with Gasteiger partial charge in [-0.2, -0.15) is 0 Å². The van der Waals surface area contributed by atoms with E-state index in [1.54, 1.807) is 0 Å². The van der Waals surface area contributed by atoms with E-state index in [0.717, 1.165) is 30.2 Å². The Bertz CT molecular complexity index is 533. The highest BCUT2D eigenvalue weighted by Gasteiger charge is 2.10. The molecule has 1 N–H and O–H groups in total. The lowest BCUT2D eigenvalue weighted by atomic mass is 9.98. The van der Waals surface area contributed by atoms with Gasteiger partial charge < -0.3 is 14.5 Å². The van der Waals surface area contributed by atoms with Crippen LogP contribution in [0, 0.1) is 0 Å². The number of hydrogen-bond donors (Lipinski definition) is 1. The summed E-state index contributed by atoms with van der Waals surface area (Å²) in [4.78, 5) is 0. The molecule has 0 amide bonds. The highest BCUT2D eigenvalue weighted by atomic mass is 16.5. The van der Waals surface area contributed by atoms with Crippen LogP contribution in [-0.2, 0) is 13.2 Å². The van der Waals surface area contributed by atoms with Crippen LogP contribution < -0.4 is 10.1 Å². The van der Waals surface area contributed by atoms with E-state index in [1.165, 1.54) is 5.56 Å². The van der Waals surface area contributed by atoms with Crippen molar-refractivity contribution in [1.29, 1.82) is 0 Å². The Morgan fingerprint density at radius 1 is 1.15 bits per heavy atom. The van der Waals surface area contributed by atoms with Crippen molar-refractivity contribution in [2.45, 2.75) is 39.3 Å². The van der Waals surface area contributed by atoms with Crippen molar-refractivity contribution in [3.63, 3.8) is 0 Å². The molecule has 0 radical (unpaired) electrons. The molecule has 0 saturated carbocycles. The Kier molecular flexibility index (Phi) is 5.24. The molecule has 20 heavy (non-hydrogen) atoms. The van der Waals surface area contributed by atoms with E-state index in [9.17, 15) is 0 Å². The maximum absolute atomic E-state index is 5.92. The summed E-state index contributed by atoms with van der Waals surface area (Å²) in [5.74, 6) is 3.24. The van der Waals surface area contributed by atoms with Gasteiger partial charge in [-0.05, 0) is 43.1 Å². The van der Waals surface area contributed by atoms with Gasteiger partial charge in [-0.25, -0.2) is 0 Å². The number of rotatable bonds is 7. The summed E-state index contributed by atoms with van der Waals surface area (Å²) >= 11 is 0. The molecule has 0 fully saturated rings. The molecule has 0 bridgehead atoms. The van der Waals surface area contributed by atoms with Crippen LogP contribution >= 0.6 is 0 Å². The van der Waals surface area contributed by atoms with Gasteiger partial charge in [0, 0.05) is 0 Å². The zero-order valence-electron chi connectivity index (χ0n) is 12.5. The molecule has 1 unspecified atom stereocenters. The van der Waals surface area contributed by atoms with E-state index >= 15 is 0 Å². The largest absolute Gasteiger partial charge is 0.485 e. The Labute approximate surface area is 121 Å². The average Bonchev–Trinajstić information content (AvgIpc) is 2.93. The van der Waals surface area contributed by atoms with Crippen LogP contribution in [0.4, 0.5) is 0 Å². The number of benzene rings is 1. The van der Waals surface area contributed by atoms with Crippen molar-refractivity contribution < 1.29 is 9.15 Å². The minimum absolute atomic E-state index is 0.469. The van der Waals surface area contributed by atoms with Gasteiger partial charge in [-0.3, -0.25) is 0 Å². The maximum Gasteiger partial charge on any atom is 0.146 e. The highest BCUT2D eigenvalue weighted by molar-refractivity contribution is 5.35. The fourth-order valence-corrected chi connectivity index (χ4v) is 2.16. The third-order valence-corrected chi connectivity index (χ3v) is 3.50. The van der Waals surface area contributed by atoms with Gasteiger partial charge in [-0.1, -0.05) is 32.0 Å². The lowest BCUT2D eigenvalue weighted by Crippen LogP contribution is -2.03. The minimum Gasteiger partial charge on any atom is -0.485 e. The lowest BCUT2D eigenvalue weighted by Gasteiger charge is -2.15. The van der Waals surface area contributed by atoms with E-state index in [0.29, 0.717) is 12.5 Å². The van der Waals surface area contributed by atoms with E-state index in [-0.39, 0.29) is 0 Å². The van der Waals surface area contributed by atoms with E-state index < -0.39 is 0 Å². The van der Waals surface area contributed by atoms with Crippen LogP contribution in [0.25, 0.3) is 0 Å². The number of para-hydroxylation sites is 1. The third-order valence-electron chi connectivity index (χ3n) is 3.50. The first kappa shape index (κ1) is 14.7. The average molecular weight is 273 g/mol. The van der Waals surface area contributed by atoms with Gasteiger partial charge >= 0.3 is 0 Å². The molecule has 0 aliphatic carbocycles. The first-order valence-corrected chi connectivity index (χ1v) is 7.18. The summed E-state index contributed by atoms with van der Waals surface area (Å²) in [5, 5.41) is 3.07. The summed E-state index contributed by atoms with van der Waals surface area (Å²) in [5.41, 5.74) is 1.26. The van der Waals surface area contributed by atoms with Crippen molar-refractivity contribution in [1.82, 2.24) is 5.32 Å². The monoisotopic (exact) mass is 273 g/mol. The van der Waals surface area contributed by atoms with Crippen LogP contribution in [0.3, 0.4) is 0 Å². The predicted molar refractivity (Wildman–Crippen MR) is 81.0 cm³/mol. The molecule has 1 atom stereocenters. The number of hydrogen-bond acceptors (Lipinski definition) is 3. The molecule has 108 valence electrons. The Morgan fingerprint density at radius 3 is 2.65 bits per heavy atom. The summed E-state index contributed by atoms with van der Waals surface area (Å²) in [6.07, 6.45) is 1.10. The third kappa shape index (κ3) is 3.64. The molecular formula is C17H23NO2. The zero-order chi connectivity index (χ0) is 14.4. The highest BCUT2D eigenvalue weighted by Crippen LogP contribution is 2.29. The number of nitrogens with one attached hydrogen (secondary N) is 1. The van der Waals surface area contributed by atoms with E-state index in [2.05, 4.69) is 31.3 Å². The Hall–Kier alpha value is -1.74. The first-order valence-electron chi connectivity index (χ1n) is 7.18. The van der Waals surface area contributed by atoms with Gasteiger partial charge in [0.1, 0.15) is 23.9 Å². The van der Waals surface area contributed by atoms with E-state index in [1.807, 2.05) is 31.3 Å². The lowest BCUT2D eigenvalue weighted by molar-refractivity contribution is 0.262. The summed E-state index contributed by atoms with van der Waals surface area (Å²) in [6.45, 7) is 5.62. The molecule has 1 aromatic carbocycles. The molecule has 0 aliphatic rings. The van der Waals surface area contributed by atoms with Crippen LogP contribution in [0.15, 0.2) is 40.8 Å². The summed E-state index contributed by atoms with van der Waals surface area (Å²) < 4.78 is 11.6. The van der Waals surface area contributed by atoms with Crippen LogP contribution in [0.2, 0.25) is 0 Å². The molecule has 1 aromatic heterocycles. The van der Waals surface area contributed by atoms with Crippen molar-refractivity contribution >= 4 is 0 Å². The smallest absolute Gasteiger partial charge is 0.146 e. The zero-order valence-corrected chi connectivity index (χ0v) is 12.5. The van der Waals surface area contributed by atoms with Crippen molar-refractivity contribution in [2.24, 2.45) is 0 Å². The Morgan fingerprint density at radius 2 is 1.90 bits per heavy atom. The van der Waals surface area contributed by atoms with E-state index in [4.69, 9.17) is 9.15 Å². The number of ether oxygens (including phenoxy) is 1. The second-order valence-corrected chi connectivity index (χ2v) is 5.03. The van der Waals surface area contributed by atoms with Gasteiger partial charge in [0.15, 0.2) is 0 Å². The van der Waals surface area contributed by atoms with Crippen LogP contribution in [0.1, 0.15) is 43.3 Å². The second-order valence-electron chi connectivity index (χ2n) is 5.03. The van der Waals surface area contributed by atoms with Crippen molar-refractivity contribution in [3.8, 4) is 5.75 Å². The second kappa shape index (κ2) is 7.15. The Balaban J connectivity index is 2.02. The molecule has 1 heterocycles. The topological polar surface area (TPSA) is 34.4 Å². The molecule has 3 nitrogen and oxygen atoms in total. The van der Waals surface area contributed by atoms with Gasteiger partial charge in [0.25, 0.3) is 0 Å². The van der Waals surface area contributed by atoms with Gasteiger partial charge in [-0.15, -0.1) is 0 Å². The fourth-order valence-electron chi connectivity index (χ4n) is 2.16. The van der Waals surface area contributed by atoms with Gasteiger partial charge in [0.2, 0.25) is 0 Å². The van der Waals surface area contributed by atoms with Crippen molar-refractivity contribution in [3.05, 3.63) is 53.5 Å². The molecule has 0 spiro atoms. The summed E-state index contributed by atoms with van der Waals surface area (Å²) in [7, 11) is 1.90. The summed E-state index contributed by atoms with van der Waals surface area (Å²) in [6, 6.07) is 12.2. The molecular weight excluding hydrogens is 250 g/mol. The predicted octanol–water partition coefficient (Wildman–Crippen LogP) is 4.09. The normalized spacial score (nSPS) is 12.3. The number of furan rings is 1. The van der Waals surface area contributed by atoms with Crippen molar-refractivity contribution in [2.75, 3.05) is 7.05 Å². The maximum atomic E-state index is 5.92. The van der Waals surface area contributed by atoms with Crippen LogP contribution in [-0.4, -0.2) is 7.05 Å². The molecule has 0 saturated heterocycles. The molecule has 2 rings (SSSR count). The quantitative estimate of drug-likeness (QED) is 0.825. The minimum atomic E-state index is 0.469. The van der Waals surface area contributed by atoms with Gasteiger partial charge in [0.05, 0.1) is 6.54 Å². The first-order chi connectivity index (χ1) is 9.74. The van der Waals surface area contributed by atoms with Crippen LogP contribution in [0.5, 0.6) is 5.75 Å². The molecule has 0 aliphatic heterocycles. The standard InChI is InChI=1S/C17H23NO2/c1-4-13(2)16-7-5-6-8-17(16)19-12-15-10-9-14(20-15)11-18-3/h5-10,13,18H,4,11-12H2,1-3H3. The fraction of sp³-hybridized carbons (Fsp3) is 0.412. The SMILES string of the molecule is CCC(C)c1ccccc1OCc1ccc(CNC)o1. The molecule has 3 heteroatoms.